The van der Waals surface area contributed by atoms with Crippen LogP contribution in [0.15, 0.2) is 55.1 Å². The summed E-state index contributed by atoms with van der Waals surface area (Å²) in [6.45, 7) is 3.02. The van der Waals surface area contributed by atoms with Crippen molar-refractivity contribution in [3.63, 3.8) is 0 Å². The van der Waals surface area contributed by atoms with E-state index in [2.05, 4.69) is 10.3 Å². The van der Waals surface area contributed by atoms with Gasteiger partial charge in [0.15, 0.2) is 11.5 Å². The average Bonchev–Trinajstić information content (AvgIpc) is 3.13. The van der Waals surface area contributed by atoms with Gasteiger partial charge in [-0.25, -0.2) is 4.98 Å². The number of rotatable bonds is 4. The van der Waals surface area contributed by atoms with Crippen molar-refractivity contribution in [3.05, 3.63) is 71.3 Å². The summed E-state index contributed by atoms with van der Waals surface area (Å²) in [6.07, 6.45) is 6.14. The van der Waals surface area contributed by atoms with Crippen LogP contribution in [-0.4, -0.2) is 28.7 Å². The van der Waals surface area contributed by atoms with Gasteiger partial charge in [0, 0.05) is 30.1 Å². The van der Waals surface area contributed by atoms with Crippen molar-refractivity contribution in [3.8, 4) is 17.2 Å². The van der Waals surface area contributed by atoms with E-state index in [9.17, 15) is 4.79 Å². The molecule has 28 heavy (non-hydrogen) atoms. The summed E-state index contributed by atoms with van der Waals surface area (Å²) in [4.78, 5) is 16.8. The molecule has 3 aromatic rings. The Hall–Kier alpha value is -2.99. The number of nitrogens with one attached hydrogen (secondary N) is 1. The van der Waals surface area contributed by atoms with Gasteiger partial charge in [0.2, 0.25) is 0 Å². The van der Waals surface area contributed by atoms with Crippen molar-refractivity contribution in [1.82, 2.24) is 14.9 Å². The van der Waals surface area contributed by atoms with E-state index in [-0.39, 0.29) is 11.9 Å². The quantitative estimate of drug-likeness (QED) is 0.717. The van der Waals surface area contributed by atoms with E-state index in [0.29, 0.717) is 35.3 Å². The molecular weight excluding hydrogens is 378 g/mol. The van der Waals surface area contributed by atoms with Crippen LogP contribution in [0.1, 0.15) is 35.3 Å². The third-order valence-electron chi connectivity index (χ3n) is 4.61. The molecule has 1 amide bonds. The first-order valence-corrected chi connectivity index (χ1v) is 9.48. The Bertz CT molecular complexity index is 971. The van der Waals surface area contributed by atoms with Crippen LogP contribution in [0, 0.1) is 0 Å². The van der Waals surface area contributed by atoms with Gasteiger partial charge in [-0.05, 0) is 36.8 Å². The number of hydrogen-bond donors (Lipinski definition) is 1. The molecule has 1 N–H and O–H groups in total. The van der Waals surface area contributed by atoms with E-state index in [1.807, 2.05) is 42.0 Å². The summed E-state index contributed by atoms with van der Waals surface area (Å²) in [5, 5.41) is 3.38. The lowest BCUT2D eigenvalue weighted by atomic mass is 10.1. The minimum absolute atomic E-state index is 0.168. The van der Waals surface area contributed by atoms with Gasteiger partial charge in [-0.15, -0.1) is 0 Å². The smallest absolute Gasteiger partial charge is 0.251 e. The van der Waals surface area contributed by atoms with Crippen molar-refractivity contribution in [2.24, 2.45) is 0 Å². The first-order chi connectivity index (χ1) is 13.6. The molecule has 144 valence electrons. The van der Waals surface area contributed by atoms with Crippen molar-refractivity contribution < 1.29 is 14.3 Å². The molecule has 2 heterocycles. The summed E-state index contributed by atoms with van der Waals surface area (Å²) in [5.41, 5.74) is 2.45. The molecule has 6 nitrogen and oxygen atoms in total. The SMILES string of the molecule is CC(NC(=O)c1cc(Cl)c2c(c1)OCCCO2)c1ccc(-n2ccnc2)cc1. The lowest BCUT2D eigenvalue weighted by Gasteiger charge is -2.16. The van der Waals surface area contributed by atoms with Gasteiger partial charge in [-0.2, -0.15) is 0 Å². The molecule has 1 aromatic heterocycles. The zero-order valence-electron chi connectivity index (χ0n) is 15.4. The number of carbonyl (C=O) groups is 1. The zero-order chi connectivity index (χ0) is 19.5. The first kappa shape index (κ1) is 18.4. The Morgan fingerprint density at radius 1 is 1.21 bits per heavy atom. The molecule has 0 bridgehead atoms. The number of ether oxygens (including phenoxy) is 2. The second kappa shape index (κ2) is 7.94. The first-order valence-electron chi connectivity index (χ1n) is 9.10. The normalized spacial score (nSPS) is 14.2. The minimum Gasteiger partial charge on any atom is -0.489 e. The van der Waals surface area contributed by atoms with Gasteiger partial charge in [-0.3, -0.25) is 4.79 Å². The standard InChI is InChI=1S/C21H20ClN3O3/c1-14(15-3-5-17(6-4-15)25-8-7-23-13-25)24-21(26)16-11-18(22)20-19(12-16)27-9-2-10-28-20/h3-8,11-14H,2,9-10H2,1H3,(H,24,26). The van der Waals surface area contributed by atoms with Crippen molar-refractivity contribution in [1.29, 1.82) is 0 Å². The number of imidazole rings is 1. The third kappa shape index (κ3) is 3.82. The van der Waals surface area contributed by atoms with Gasteiger partial charge >= 0.3 is 0 Å². The minimum atomic E-state index is -0.219. The van der Waals surface area contributed by atoms with Crippen LogP contribution >= 0.6 is 11.6 Å². The lowest BCUT2D eigenvalue weighted by Crippen LogP contribution is -2.26. The predicted molar refractivity (Wildman–Crippen MR) is 107 cm³/mol. The molecule has 0 saturated carbocycles. The number of hydrogen-bond acceptors (Lipinski definition) is 4. The number of benzene rings is 2. The van der Waals surface area contributed by atoms with Gasteiger partial charge in [0.1, 0.15) is 0 Å². The fourth-order valence-electron chi connectivity index (χ4n) is 3.07. The van der Waals surface area contributed by atoms with Crippen molar-refractivity contribution in [2.75, 3.05) is 13.2 Å². The predicted octanol–water partition coefficient (Wildman–Crippen LogP) is 4.18. The number of amides is 1. The van der Waals surface area contributed by atoms with Crippen LogP contribution in [0.4, 0.5) is 0 Å². The maximum absolute atomic E-state index is 12.7. The van der Waals surface area contributed by atoms with Crippen LogP contribution in [0.3, 0.4) is 0 Å². The molecule has 0 aliphatic carbocycles. The second-order valence-corrected chi connectivity index (χ2v) is 7.00. The van der Waals surface area contributed by atoms with Crippen LogP contribution in [0.2, 0.25) is 5.02 Å². The fourth-order valence-corrected chi connectivity index (χ4v) is 3.34. The van der Waals surface area contributed by atoms with Crippen LogP contribution in [0.25, 0.3) is 5.69 Å². The van der Waals surface area contributed by atoms with E-state index in [0.717, 1.165) is 17.7 Å². The van der Waals surface area contributed by atoms with Crippen molar-refractivity contribution in [2.45, 2.75) is 19.4 Å². The topological polar surface area (TPSA) is 65.4 Å². The largest absolute Gasteiger partial charge is 0.489 e. The van der Waals surface area contributed by atoms with E-state index in [1.165, 1.54) is 0 Å². The maximum atomic E-state index is 12.7. The Labute approximate surface area is 168 Å². The van der Waals surface area contributed by atoms with Crippen LogP contribution in [-0.2, 0) is 0 Å². The molecule has 2 aromatic carbocycles. The van der Waals surface area contributed by atoms with E-state index in [4.69, 9.17) is 21.1 Å². The molecule has 0 spiro atoms. The molecule has 0 radical (unpaired) electrons. The zero-order valence-corrected chi connectivity index (χ0v) is 16.1. The molecule has 1 aliphatic rings. The summed E-state index contributed by atoms with van der Waals surface area (Å²) in [7, 11) is 0. The number of halogens is 1. The lowest BCUT2D eigenvalue weighted by molar-refractivity contribution is 0.0939. The monoisotopic (exact) mass is 397 g/mol. The summed E-state index contributed by atoms with van der Waals surface area (Å²) in [6, 6.07) is 11.1. The molecule has 0 fully saturated rings. The Balaban J connectivity index is 1.49. The second-order valence-electron chi connectivity index (χ2n) is 6.59. The highest BCUT2D eigenvalue weighted by molar-refractivity contribution is 6.32. The van der Waals surface area contributed by atoms with E-state index in [1.54, 1.807) is 24.7 Å². The molecular formula is C21H20ClN3O3. The molecule has 0 saturated heterocycles. The van der Waals surface area contributed by atoms with Gasteiger partial charge in [0.25, 0.3) is 5.91 Å². The molecule has 4 rings (SSSR count). The Morgan fingerprint density at radius 2 is 2.00 bits per heavy atom. The summed E-state index contributed by atoms with van der Waals surface area (Å²) >= 11 is 6.29. The molecule has 7 heteroatoms. The number of aromatic nitrogens is 2. The number of fused-ring (bicyclic) bond motifs is 1. The van der Waals surface area contributed by atoms with Crippen molar-refractivity contribution >= 4 is 17.5 Å². The molecule has 1 unspecified atom stereocenters. The summed E-state index contributed by atoms with van der Waals surface area (Å²) in [5.74, 6) is 0.787. The van der Waals surface area contributed by atoms with Crippen LogP contribution in [0.5, 0.6) is 11.5 Å². The van der Waals surface area contributed by atoms with Gasteiger partial charge < -0.3 is 19.4 Å². The van der Waals surface area contributed by atoms with E-state index >= 15 is 0 Å². The number of nitrogens with zero attached hydrogens (tertiary/aromatic N) is 2. The Kier molecular flexibility index (Phi) is 5.21. The summed E-state index contributed by atoms with van der Waals surface area (Å²) < 4.78 is 13.2. The highest BCUT2D eigenvalue weighted by Crippen LogP contribution is 2.38. The molecule has 1 atom stereocenters. The fraction of sp³-hybridized carbons (Fsp3) is 0.238. The highest BCUT2D eigenvalue weighted by Gasteiger charge is 2.19. The van der Waals surface area contributed by atoms with Gasteiger partial charge in [0.05, 0.1) is 30.6 Å². The third-order valence-corrected chi connectivity index (χ3v) is 4.89. The van der Waals surface area contributed by atoms with E-state index < -0.39 is 0 Å². The average molecular weight is 398 g/mol. The van der Waals surface area contributed by atoms with Gasteiger partial charge in [-0.1, -0.05) is 23.7 Å². The van der Waals surface area contributed by atoms with Crippen LogP contribution < -0.4 is 14.8 Å². The highest BCUT2D eigenvalue weighted by atomic mass is 35.5. The molecule has 1 aliphatic heterocycles. The maximum Gasteiger partial charge on any atom is 0.251 e. The Morgan fingerprint density at radius 3 is 2.75 bits per heavy atom. The number of carbonyl (C=O) groups excluding carboxylic acids is 1.